The molecule has 194 valence electrons. The predicted molar refractivity (Wildman–Crippen MR) is 138 cm³/mol. The number of aliphatic hydroxyl groups is 1. The molecular formula is C26H25FN8O3. The molecule has 4 heterocycles. The third kappa shape index (κ3) is 5.58. The first-order valence-electron chi connectivity index (χ1n) is 11.6. The van der Waals surface area contributed by atoms with E-state index in [-0.39, 0.29) is 17.2 Å². The molecule has 0 aliphatic heterocycles. The number of halogens is 1. The fourth-order valence-corrected chi connectivity index (χ4v) is 3.55. The Hall–Kier alpha value is -4.89. The van der Waals surface area contributed by atoms with Crippen molar-refractivity contribution in [1.82, 2.24) is 30.2 Å². The van der Waals surface area contributed by atoms with E-state index in [1.165, 1.54) is 45.6 Å². The van der Waals surface area contributed by atoms with Crippen molar-refractivity contribution in [2.45, 2.75) is 25.6 Å². The molecule has 11 nitrogen and oxygen atoms in total. The number of carbonyl (C=O) groups excluding carboxylic acids is 2. The molecule has 4 aromatic rings. The molecule has 0 radical (unpaired) electrons. The van der Waals surface area contributed by atoms with Crippen LogP contribution in [0.2, 0.25) is 0 Å². The summed E-state index contributed by atoms with van der Waals surface area (Å²) in [5.74, 6) is -0.951. The second-order valence-electron chi connectivity index (χ2n) is 8.99. The summed E-state index contributed by atoms with van der Waals surface area (Å²) in [7, 11) is 1.50. The highest BCUT2D eigenvalue weighted by molar-refractivity contribution is 6.00. The number of pyridine rings is 2. The van der Waals surface area contributed by atoms with Gasteiger partial charge in [-0.3, -0.25) is 14.6 Å². The maximum atomic E-state index is 14.3. The summed E-state index contributed by atoms with van der Waals surface area (Å²) in [5, 5.41) is 31.4. The van der Waals surface area contributed by atoms with E-state index in [1.807, 2.05) is 6.07 Å². The third-order valence-corrected chi connectivity index (χ3v) is 5.75. The van der Waals surface area contributed by atoms with Gasteiger partial charge in [0, 0.05) is 13.2 Å². The number of nitrogens with zero attached hydrogens (tertiary/aromatic N) is 5. The molecule has 4 N–H and O–H groups in total. The van der Waals surface area contributed by atoms with Crippen LogP contribution in [0.3, 0.4) is 0 Å². The number of aromatic nitrogens is 4. The lowest BCUT2D eigenvalue weighted by Crippen LogP contribution is -2.42. The van der Waals surface area contributed by atoms with Crippen molar-refractivity contribution in [3.8, 4) is 17.5 Å². The second-order valence-corrected chi connectivity index (χ2v) is 8.99. The Morgan fingerprint density at radius 3 is 2.58 bits per heavy atom. The highest BCUT2D eigenvalue weighted by Crippen LogP contribution is 2.27. The van der Waals surface area contributed by atoms with Crippen LogP contribution in [0.1, 0.15) is 40.3 Å². The molecule has 0 spiro atoms. The first-order chi connectivity index (χ1) is 18.1. The van der Waals surface area contributed by atoms with E-state index in [0.29, 0.717) is 33.8 Å². The Morgan fingerprint density at radius 2 is 1.92 bits per heavy atom. The maximum absolute atomic E-state index is 14.3. The molecule has 0 aliphatic carbocycles. The van der Waals surface area contributed by atoms with Crippen LogP contribution in [0.5, 0.6) is 0 Å². The van der Waals surface area contributed by atoms with E-state index in [9.17, 15) is 19.1 Å². The van der Waals surface area contributed by atoms with E-state index in [1.54, 1.807) is 34.8 Å². The van der Waals surface area contributed by atoms with E-state index >= 15 is 0 Å². The van der Waals surface area contributed by atoms with Crippen molar-refractivity contribution in [3.63, 3.8) is 0 Å². The number of rotatable bonds is 8. The standard InChI is InChI=1S/C26H25FN8O3/c1-26(2,38)23(27)14-32-24(36)18-13-31-21(22-7-5-17-8-15(10-28)11-33-35(17)22)9-20(18)34-16-4-6-19(30-12-16)25(37)29-3/h4-9,11-13,23,38H,14H2,1-3H3,(H,29,37)(H,31,34)(H,32,36)/t23-/m1/s1. The quantitative estimate of drug-likeness (QED) is 0.278. The predicted octanol–water partition coefficient (Wildman–Crippen LogP) is 2.60. The van der Waals surface area contributed by atoms with Gasteiger partial charge in [-0.25, -0.2) is 13.9 Å². The molecule has 0 unspecified atom stereocenters. The molecule has 0 bridgehead atoms. The van der Waals surface area contributed by atoms with Crippen molar-refractivity contribution in [2.24, 2.45) is 0 Å². The summed E-state index contributed by atoms with van der Waals surface area (Å²) in [6.45, 7) is 2.23. The Labute approximate surface area is 217 Å². The van der Waals surface area contributed by atoms with Crippen molar-refractivity contribution < 1.29 is 19.1 Å². The van der Waals surface area contributed by atoms with Gasteiger partial charge in [0.1, 0.15) is 17.9 Å². The van der Waals surface area contributed by atoms with Crippen LogP contribution in [0, 0.1) is 11.3 Å². The molecule has 0 aliphatic rings. The zero-order valence-corrected chi connectivity index (χ0v) is 20.9. The number of anilines is 2. The lowest BCUT2D eigenvalue weighted by molar-refractivity contribution is -0.00177. The Kier molecular flexibility index (Phi) is 7.31. The largest absolute Gasteiger partial charge is 0.387 e. The number of alkyl halides is 1. The Bertz CT molecular complexity index is 1540. The highest BCUT2D eigenvalue weighted by Gasteiger charge is 2.27. The normalized spacial score (nSPS) is 12.0. The zero-order chi connectivity index (χ0) is 27.4. The Balaban J connectivity index is 1.70. The van der Waals surface area contributed by atoms with Gasteiger partial charge < -0.3 is 21.1 Å². The molecule has 4 aromatic heterocycles. The average Bonchev–Trinajstić information content (AvgIpc) is 3.34. The number of nitriles is 1. The molecule has 0 fully saturated rings. The van der Waals surface area contributed by atoms with Gasteiger partial charge in [-0.1, -0.05) is 0 Å². The maximum Gasteiger partial charge on any atom is 0.269 e. The highest BCUT2D eigenvalue weighted by atomic mass is 19.1. The molecule has 2 amide bonds. The van der Waals surface area contributed by atoms with Crippen LogP contribution in [-0.4, -0.2) is 61.9 Å². The van der Waals surface area contributed by atoms with Gasteiger partial charge in [-0.2, -0.15) is 10.4 Å². The first kappa shape index (κ1) is 26.2. The zero-order valence-electron chi connectivity index (χ0n) is 20.9. The molecule has 38 heavy (non-hydrogen) atoms. The van der Waals surface area contributed by atoms with Gasteiger partial charge in [-0.05, 0) is 50.2 Å². The number of nitrogens with one attached hydrogen (secondary N) is 3. The summed E-state index contributed by atoms with van der Waals surface area (Å²) in [6.07, 6.45) is 2.54. The van der Waals surface area contributed by atoms with Gasteiger partial charge >= 0.3 is 0 Å². The minimum Gasteiger partial charge on any atom is -0.387 e. The van der Waals surface area contributed by atoms with Gasteiger partial charge in [0.05, 0.1) is 63.9 Å². The van der Waals surface area contributed by atoms with Crippen molar-refractivity contribution in [3.05, 3.63) is 71.8 Å². The van der Waals surface area contributed by atoms with Gasteiger partial charge in [0.2, 0.25) is 0 Å². The summed E-state index contributed by atoms with van der Waals surface area (Å²) in [5.41, 5.74) is 1.71. The number of amides is 2. The van der Waals surface area contributed by atoms with Crippen molar-refractivity contribution in [1.29, 1.82) is 5.26 Å². The van der Waals surface area contributed by atoms with E-state index in [0.717, 1.165) is 0 Å². The van der Waals surface area contributed by atoms with Crippen LogP contribution < -0.4 is 16.0 Å². The number of hydrogen-bond acceptors (Lipinski definition) is 8. The monoisotopic (exact) mass is 516 g/mol. The second kappa shape index (κ2) is 10.6. The fourth-order valence-electron chi connectivity index (χ4n) is 3.55. The van der Waals surface area contributed by atoms with E-state index in [4.69, 9.17) is 5.26 Å². The molecular weight excluding hydrogens is 491 g/mol. The van der Waals surface area contributed by atoms with Gasteiger partial charge in [0.25, 0.3) is 11.8 Å². The topological polar surface area (TPSA) is 157 Å². The molecule has 0 saturated carbocycles. The molecule has 4 rings (SSSR count). The van der Waals surface area contributed by atoms with Crippen LogP contribution in [0.4, 0.5) is 15.8 Å². The SMILES string of the molecule is CNC(=O)c1ccc(Nc2cc(-c3ccc4cc(C#N)cnn34)ncc2C(=O)NC[C@@H](F)C(C)(C)O)cn1. The molecule has 12 heteroatoms. The summed E-state index contributed by atoms with van der Waals surface area (Å²) >= 11 is 0. The smallest absolute Gasteiger partial charge is 0.269 e. The summed E-state index contributed by atoms with van der Waals surface area (Å²) < 4.78 is 15.9. The minimum atomic E-state index is -1.69. The lowest BCUT2D eigenvalue weighted by atomic mass is 10.0. The van der Waals surface area contributed by atoms with Crippen molar-refractivity contribution >= 4 is 28.7 Å². The molecule has 1 atom stereocenters. The van der Waals surface area contributed by atoms with Crippen LogP contribution in [0.25, 0.3) is 16.9 Å². The van der Waals surface area contributed by atoms with Crippen LogP contribution in [0.15, 0.2) is 55.0 Å². The number of hydrogen-bond donors (Lipinski definition) is 4. The average molecular weight is 517 g/mol. The first-order valence-corrected chi connectivity index (χ1v) is 11.6. The van der Waals surface area contributed by atoms with Crippen molar-refractivity contribution in [2.75, 3.05) is 18.9 Å². The lowest BCUT2D eigenvalue weighted by Gasteiger charge is -2.22. The molecule has 0 aromatic carbocycles. The third-order valence-electron chi connectivity index (χ3n) is 5.75. The van der Waals surface area contributed by atoms with E-state index < -0.39 is 24.2 Å². The van der Waals surface area contributed by atoms with Crippen LogP contribution >= 0.6 is 0 Å². The summed E-state index contributed by atoms with van der Waals surface area (Å²) in [4.78, 5) is 33.4. The van der Waals surface area contributed by atoms with Crippen LogP contribution in [-0.2, 0) is 0 Å². The van der Waals surface area contributed by atoms with E-state index in [2.05, 4.69) is 31.0 Å². The minimum absolute atomic E-state index is 0.118. The Morgan fingerprint density at radius 1 is 1.13 bits per heavy atom. The summed E-state index contributed by atoms with van der Waals surface area (Å²) in [6, 6.07) is 12.1. The van der Waals surface area contributed by atoms with Gasteiger partial charge in [-0.15, -0.1) is 0 Å². The number of fused-ring (bicyclic) bond motifs is 1. The number of carbonyl (C=O) groups is 2. The van der Waals surface area contributed by atoms with Gasteiger partial charge in [0.15, 0.2) is 0 Å². The fraction of sp³-hybridized carbons (Fsp3) is 0.231. The molecule has 0 saturated heterocycles.